The van der Waals surface area contributed by atoms with Crippen molar-refractivity contribution in [2.75, 3.05) is 25.5 Å². The second-order valence-corrected chi connectivity index (χ2v) is 6.56. The van der Waals surface area contributed by atoms with Crippen LogP contribution in [0.3, 0.4) is 0 Å². The van der Waals surface area contributed by atoms with E-state index in [4.69, 9.17) is 12.2 Å². The van der Waals surface area contributed by atoms with E-state index in [9.17, 15) is 0 Å². The summed E-state index contributed by atoms with van der Waals surface area (Å²) in [6.45, 7) is 5.24. The van der Waals surface area contributed by atoms with Crippen molar-refractivity contribution in [3.8, 4) is 0 Å². The van der Waals surface area contributed by atoms with Crippen molar-refractivity contribution >= 4 is 23.0 Å². The van der Waals surface area contributed by atoms with Crippen LogP contribution in [-0.2, 0) is 13.0 Å². The van der Waals surface area contributed by atoms with Crippen molar-refractivity contribution in [1.29, 1.82) is 0 Å². The molecular weight excluding hydrogens is 314 g/mol. The SMILES string of the molecule is CCc1ccc(NC(=S)NCCC[NH+](C)Cc2ccccc2)cc1. The van der Waals surface area contributed by atoms with E-state index in [0.717, 1.165) is 38.2 Å². The highest BCUT2D eigenvalue weighted by Gasteiger charge is 2.03. The number of hydrogen-bond donors (Lipinski definition) is 3. The van der Waals surface area contributed by atoms with E-state index in [1.54, 1.807) is 0 Å². The summed E-state index contributed by atoms with van der Waals surface area (Å²) in [5, 5.41) is 7.22. The van der Waals surface area contributed by atoms with Crippen LogP contribution in [0.25, 0.3) is 0 Å². The molecule has 3 N–H and O–H groups in total. The second-order valence-electron chi connectivity index (χ2n) is 6.15. The lowest BCUT2D eigenvalue weighted by molar-refractivity contribution is -0.893. The highest BCUT2D eigenvalue weighted by Crippen LogP contribution is 2.09. The average Bonchev–Trinajstić information content (AvgIpc) is 2.60. The zero-order chi connectivity index (χ0) is 17.2. The minimum absolute atomic E-state index is 0.694. The topological polar surface area (TPSA) is 28.5 Å². The fourth-order valence-electron chi connectivity index (χ4n) is 2.62. The van der Waals surface area contributed by atoms with Gasteiger partial charge in [-0.25, -0.2) is 0 Å². The maximum Gasteiger partial charge on any atom is 0.170 e. The maximum absolute atomic E-state index is 5.35. The number of quaternary nitrogens is 1. The molecule has 0 radical (unpaired) electrons. The number of thiocarbonyl (C=S) groups is 1. The van der Waals surface area contributed by atoms with E-state index >= 15 is 0 Å². The van der Waals surface area contributed by atoms with E-state index in [-0.39, 0.29) is 0 Å². The van der Waals surface area contributed by atoms with Gasteiger partial charge in [-0.1, -0.05) is 49.4 Å². The smallest absolute Gasteiger partial charge is 0.170 e. The van der Waals surface area contributed by atoms with Crippen LogP contribution in [0.1, 0.15) is 24.5 Å². The van der Waals surface area contributed by atoms with E-state index < -0.39 is 0 Å². The van der Waals surface area contributed by atoms with Crippen molar-refractivity contribution in [3.63, 3.8) is 0 Å². The second kappa shape index (κ2) is 10.1. The molecule has 2 aromatic carbocycles. The van der Waals surface area contributed by atoms with Crippen molar-refractivity contribution in [1.82, 2.24) is 5.32 Å². The molecule has 0 aromatic heterocycles. The van der Waals surface area contributed by atoms with Crippen LogP contribution in [0.15, 0.2) is 54.6 Å². The van der Waals surface area contributed by atoms with Gasteiger partial charge >= 0.3 is 0 Å². The highest BCUT2D eigenvalue weighted by molar-refractivity contribution is 7.80. The third kappa shape index (κ3) is 6.69. The van der Waals surface area contributed by atoms with Gasteiger partial charge in [0.05, 0.1) is 13.6 Å². The minimum Gasteiger partial charge on any atom is -0.362 e. The lowest BCUT2D eigenvalue weighted by atomic mass is 10.1. The van der Waals surface area contributed by atoms with Gasteiger partial charge in [0, 0.05) is 24.2 Å². The third-order valence-electron chi connectivity index (χ3n) is 4.03. The number of hydrogen-bond acceptors (Lipinski definition) is 1. The Morgan fingerprint density at radius 2 is 1.71 bits per heavy atom. The first kappa shape index (κ1) is 18.4. The Hall–Kier alpha value is -1.91. The van der Waals surface area contributed by atoms with Gasteiger partial charge in [0.2, 0.25) is 0 Å². The number of anilines is 1. The van der Waals surface area contributed by atoms with Gasteiger partial charge < -0.3 is 15.5 Å². The molecule has 0 bridgehead atoms. The van der Waals surface area contributed by atoms with Gasteiger partial charge in [0.1, 0.15) is 6.54 Å². The van der Waals surface area contributed by atoms with E-state index in [2.05, 4.69) is 79.2 Å². The standard InChI is InChI=1S/C20H27N3S/c1-3-17-10-12-19(13-11-17)22-20(24)21-14-7-15-23(2)16-18-8-5-4-6-9-18/h4-6,8-13H,3,7,14-16H2,1-2H3,(H2,21,22,24)/p+1. The van der Waals surface area contributed by atoms with Gasteiger partial charge in [0.15, 0.2) is 5.11 Å². The number of rotatable bonds is 8. The molecule has 2 aromatic rings. The molecule has 1 unspecified atom stereocenters. The number of nitrogens with one attached hydrogen (secondary N) is 3. The Bertz CT molecular complexity index is 611. The average molecular weight is 343 g/mol. The quantitative estimate of drug-likeness (QED) is 0.509. The van der Waals surface area contributed by atoms with Gasteiger partial charge in [-0.05, 0) is 36.3 Å². The van der Waals surface area contributed by atoms with Gasteiger partial charge in [-0.15, -0.1) is 0 Å². The van der Waals surface area contributed by atoms with E-state index in [1.165, 1.54) is 16.0 Å². The first-order valence-electron chi connectivity index (χ1n) is 8.66. The van der Waals surface area contributed by atoms with Gasteiger partial charge in [-0.3, -0.25) is 0 Å². The zero-order valence-electron chi connectivity index (χ0n) is 14.6. The molecule has 1 atom stereocenters. The first-order valence-corrected chi connectivity index (χ1v) is 9.07. The summed E-state index contributed by atoms with van der Waals surface area (Å²) in [6, 6.07) is 19.0. The largest absolute Gasteiger partial charge is 0.362 e. The molecule has 2 rings (SSSR count). The molecule has 0 amide bonds. The van der Waals surface area contributed by atoms with Crippen molar-refractivity contribution in [2.45, 2.75) is 26.3 Å². The fourth-order valence-corrected chi connectivity index (χ4v) is 2.84. The Labute approximate surface area is 151 Å². The monoisotopic (exact) mass is 342 g/mol. The Morgan fingerprint density at radius 1 is 1.00 bits per heavy atom. The van der Waals surface area contributed by atoms with Crippen LogP contribution in [0.5, 0.6) is 0 Å². The summed E-state index contributed by atoms with van der Waals surface area (Å²) in [4.78, 5) is 1.51. The molecule has 0 saturated carbocycles. The van der Waals surface area contributed by atoms with E-state index in [0.29, 0.717) is 5.11 Å². The first-order chi connectivity index (χ1) is 11.7. The molecule has 0 aliphatic carbocycles. The number of aryl methyl sites for hydroxylation is 1. The lowest BCUT2D eigenvalue weighted by Crippen LogP contribution is -3.07. The summed E-state index contributed by atoms with van der Waals surface area (Å²) in [6.07, 6.45) is 2.15. The third-order valence-corrected chi connectivity index (χ3v) is 4.28. The summed E-state index contributed by atoms with van der Waals surface area (Å²) >= 11 is 5.35. The minimum atomic E-state index is 0.694. The lowest BCUT2D eigenvalue weighted by Gasteiger charge is -2.15. The molecule has 0 saturated heterocycles. The Kier molecular flexibility index (Phi) is 7.72. The normalized spacial score (nSPS) is 11.8. The Balaban J connectivity index is 1.61. The van der Waals surface area contributed by atoms with E-state index in [1.807, 2.05) is 0 Å². The Morgan fingerprint density at radius 3 is 2.38 bits per heavy atom. The van der Waals surface area contributed by atoms with Crippen LogP contribution in [0, 0.1) is 0 Å². The molecule has 0 spiro atoms. The molecule has 0 fully saturated rings. The molecule has 0 aliphatic heterocycles. The fraction of sp³-hybridized carbons (Fsp3) is 0.350. The molecule has 4 heteroatoms. The van der Waals surface area contributed by atoms with Crippen LogP contribution in [0.2, 0.25) is 0 Å². The van der Waals surface area contributed by atoms with Crippen molar-refractivity contribution in [3.05, 3.63) is 65.7 Å². The van der Waals surface area contributed by atoms with Crippen molar-refractivity contribution in [2.24, 2.45) is 0 Å². The molecule has 0 aliphatic rings. The summed E-state index contributed by atoms with van der Waals surface area (Å²) in [7, 11) is 2.23. The number of benzene rings is 2. The maximum atomic E-state index is 5.35. The zero-order valence-corrected chi connectivity index (χ0v) is 15.5. The van der Waals surface area contributed by atoms with Crippen molar-refractivity contribution < 1.29 is 4.90 Å². The van der Waals surface area contributed by atoms with Crippen LogP contribution in [-0.4, -0.2) is 25.2 Å². The van der Waals surface area contributed by atoms with Crippen LogP contribution < -0.4 is 15.5 Å². The van der Waals surface area contributed by atoms with Gasteiger partial charge in [0.25, 0.3) is 0 Å². The molecule has 128 valence electrons. The molecular formula is C20H28N3S+. The molecule has 0 heterocycles. The van der Waals surface area contributed by atoms with Gasteiger partial charge in [-0.2, -0.15) is 0 Å². The highest BCUT2D eigenvalue weighted by atomic mass is 32.1. The predicted octanol–water partition coefficient (Wildman–Crippen LogP) is 2.64. The molecule has 24 heavy (non-hydrogen) atoms. The summed E-state index contributed by atoms with van der Waals surface area (Å²) in [5.41, 5.74) is 3.76. The van der Waals surface area contributed by atoms with Crippen LogP contribution in [0.4, 0.5) is 5.69 Å². The predicted molar refractivity (Wildman–Crippen MR) is 107 cm³/mol. The summed E-state index contributed by atoms with van der Waals surface area (Å²) < 4.78 is 0. The molecule has 3 nitrogen and oxygen atoms in total. The summed E-state index contributed by atoms with van der Waals surface area (Å²) in [5.74, 6) is 0. The van der Waals surface area contributed by atoms with Crippen LogP contribution >= 0.6 is 12.2 Å².